The number of amides is 2. The number of carbonyl (C=O) groups is 2. The third kappa shape index (κ3) is 1.54. The van der Waals surface area contributed by atoms with Gasteiger partial charge < -0.3 is 10.4 Å². The van der Waals surface area contributed by atoms with Gasteiger partial charge in [0.05, 0.1) is 23.2 Å². The number of fused-ring (bicyclic) bond motifs is 5. The summed E-state index contributed by atoms with van der Waals surface area (Å²) < 4.78 is 0. The van der Waals surface area contributed by atoms with Crippen LogP contribution in [0, 0.1) is 28.9 Å². The van der Waals surface area contributed by atoms with Crippen molar-refractivity contribution in [2.45, 2.75) is 6.42 Å². The Morgan fingerprint density at radius 3 is 2.24 bits per heavy atom. The Hall–Kier alpha value is -2.18. The molecule has 2 aliphatic carbocycles. The van der Waals surface area contributed by atoms with E-state index in [4.69, 9.17) is 0 Å². The normalized spacial score (nSPS) is 33.0. The van der Waals surface area contributed by atoms with Gasteiger partial charge in [-0.05, 0) is 30.4 Å². The quantitative estimate of drug-likeness (QED) is 0.508. The van der Waals surface area contributed by atoms with Crippen molar-refractivity contribution in [3.05, 3.63) is 41.6 Å². The van der Waals surface area contributed by atoms with Gasteiger partial charge in [-0.25, -0.2) is 4.90 Å². The molecule has 0 spiro atoms. The Labute approximate surface area is 120 Å². The first kappa shape index (κ1) is 12.6. The molecular weight excluding hydrogens is 272 g/mol. The molecule has 108 valence electrons. The van der Waals surface area contributed by atoms with Gasteiger partial charge in [0.2, 0.25) is 11.8 Å². The van der Waals surface area contributed by atoms with Crippen LogP contribution in [0.25, 0.3) is 0 Å². The van der Waals surface area contributed by atoms with E-state index in [1.807, 2.05) is 12.2 Å². The van der Waals surface area contributed by atoms with Crippen LogP contribution in [0.2, 0.25) is 0 Å². The van der Waals surface area contributed by atoms with Gasteiger partial charge in [0, 0.05) is 0 Å². The minimum atomic E-state index is -0.320. The maximum atomic E-state index is 12.6. The second-order valence-electron chi connectivity index (χ2n) is 5.77. The molecule has 6 heteroatoms. The van der Waals surface area contributed by atoms with Crippen LogP contribution in [0.3, 0.4) is 0 Å². The second kappa shape index (κ2) is 4.16. The number of hydrogen-bond acceptors (Lipinski definition) is 5. The second-order valence-corrected chi connectivity index (χ2v) is 5.77. The van der Waals surface area contributed by atoms with Gasteiger partial charge in [-0.1, -0.05) is 24.3 Å². The first-order valence-corrected chi connectivity index (χ1v) is 6.91. The lowest BCUT2D eigenvalue weighted by Gasteiger charge is -2.28. The third-order valence-electron chi connectivity index (χ3n) is 4.80. The molecule has 1 aromatic rings. The van der Waals surface area contributed by atoms with Crippen molar-refractivity contribution in [3.63, 3.8) is 0 Å². The van der Waals surface area contributed by atoms with Gasteiger partial charge in [-0.15, -0.1) is 0 Å². The number of hydrogen-bond donors (Lipinski definition) is 1. The SMILES string of the molecule is O=C1C2[C@H]3C=C[C@@H](C3)[C@H]2C(=O)N1c1ccccc1N([O-])O. The van der Waals surface area contributed by atoms with Gasteiger partial charge in [0.25, 0.3) is 0 Å². The summed E-state index contributed by atoms with van der Waals surface area (Å²) in [5.41, 5.74) is 0.0540. The first-order chi connectivity index (χ1) is 10.1. The average Bonchev–Trinajstić information content (AvgIpc) is 3.13. The smallest absolute Gasteiger partial charge is 0.238 e. The number of para-hydroxylation sites is 2. The zero-order valence-electron chi connectivity index (χ0n) is 11.0. The molecule has 1 saturated heterocycles. The van der Waals surface area contributed by atoms with E-state index in [0.29, 0.717) is 0 Å². The highest BCUT2D eigenvalue weighted by atomic mass is 16.8. The molecule has 1 saturated carbocycles. The first-order valence-electron chi connectivity index (χ1n) is 6.91. The van der Waals surface area contributed by atoms with E-state index in [1.54, 1.807) is 12.1 Å². The van der Waals surface area contributed by atoms with E-state index in [2.05, 4.69) is 0 Å². The number of nitrogens with zero attached hydrogens (tertiary/aromatic N) is 2. The maximum Gasteiger partial charge on any atom is 0.238 e. The molecule has 0 radical (unpaired) electrons. The van der Waals surface area contributed by atoms with Crippen molar-refractivity contribution in [2.75, 3.05) is 10.1 Å². The Morgan fingerprint density at radius 1 is 1.10 bits per heavy atom. The molecule has 6 nitrogen and oxygen atoms in total. The summed E-state index contributed by atoms with van der Waals surface area (Å²) >= 11 is 0. The molecule has 2 bridgehead atoms. The van der Waals surface area contributed by atoms with Gasteiger partial charge in [-0.2, -0.15) is 0 Å². The Bertz CT molecular complexity index is 639. The highest BCUT2D eigenvalue weighted by Crippen LogP contribution is 2.53. The predicted molar refractivity (Wildman–Crippen MR) is 74.3 cm³/mol. The summed E-state index contributed by atoms with van der Waals surface area (Å²) in [7, 11) is 0. The minimum absolute atomic E-state index is 0.0977. The monoisotopic (exact) mass is 285 g/mol. The van der Waals surface area contributed by atoms with Crippen LogP contribution in [0.1, 0.15) is 6.42 Å². The molecule has 1 aromatic carbocycles. The molecular formula is C15H13N2O4-. The van der Waals surface area contributed by atoms with Crippen LogP contribution >= 0.6 is 0 Å². The predicted octanol–water partition coefficient (Wildman–Crippen LogP) is 1.69. The highest BCUT2D eigenvalue weighted by molar-refractivity contribution is 6.24. The molecule has 1 heterocycles. The average molecular weight is 285 g/mol. The Kier molecular flexibility index (Phi) is 2.49. The fraction of sp³-hybridized carbons (Fsp3) is 0.333. The van der Waals surface area contributed by atoms with Crippen LogP contribution in [-0.2, 0) is 9.59 Å². The number of carbonyl (C=O) groups excluding carboxylic acids is 2. The molecule has 1 unspecified atom stereocenters. The molecule has 3 aliphatic rings. The largest absolute Gasteiger partial charge is 0.733 e. The maximum absolute atomic E-state index is 12.6. The molecule has 1 aliphatic heterocycles. The van der Waals surface area contributed by atoms with Crippen LogP contribution in [0.4, 0.5) is 11.4 Å². The van der Waals surface area contributed by atoms with Crippen LogP contribution in [0.5, 0.6) is 0 Å². The van der Waals surface area contributed by atoms with E-state index < -0.39 is 0 Å². The van der Waals surface area contributed by atoms with Crippen molar-refractivity contribution in [2.24, 2.45) is 23.7 Å². The van der Waals surface area contributed by atoms with E-state index in [0.717, 1.165) is 11.3 Å². The zero-order valence-corrected chi connectivity index (χ0v) is 11.0. The van der Waals surface area contributed by atoms with Gasteiger partial charge >= 0.3 is 0 Å². The lowest BCUT2D eigenvalue weighted by Crippen LogP contribution is -2.34. The topological polar surface area (TPSA) is 83.9 Å². The summed E-state index contributed by atoms with van der Waals surface area (Å²) in [5, 5.41) is 20.1. The lowest BCUT2D eigenvalue weighted by molar-refractivity contribution is -0.123. The van der Waals surface area contributed by atoms with Crippen molar-refractivity contribution in [1.29, 1.82) is 0 Å². The number of allylic oxidation sites excluding steroid dienone is 2. The molecule has 21 heavy (non-hydrogen) atoms. The number of rotatable bonds is 2. The van der Waals surface area contributed by atoms with Crippen molar-refractivity contribution in [1.82, 2.24) is 0 Å². The fourth-order valence-corrected chi connectivity index (χ4v) is 3.95. The summed E-state index contributed by atoms with van der Waals surface area (Å²) in [4.78, 5) is 26.3. The number of benzene rings is 1. The van der Waals surface area contributed by atoms with Crippen molar-refractivity contribution >= 4 is 23.2 Å². The summed E-state index contributed by atoms with van der Waals surface area (Å²) in [6, 6.07) is 6.08. The van der Waals surface area contributed by atoms with Gasteiger partial charge in [0.1, 0.15) is 0 Å². The van der Waals surface area contributed by atoms with Crippen molar-refractivity contribution < 1.29 is 14.8 Å². The summed E-state index contributed by atoms with van der Waals surface area (Å²) in [6.07, 6.45) is 4.88. The third-order valence-corrected chi connectivity index (χ3v) is 4.80. The number of anilines is 2. The standard InChI is InChI=1S/C15H13N2O4/c18-14-12-8-5-6-9(7-8)13(12)15(19)16(14)10-3-1-2-4-11(10)17(20)21/h1-6,8-9,12-13,20H,7H2/q-1/t8-,9-,12+,13?/m0/s1. The summed E-state index contributed by atoms with van der Waals surface area (Å²) in [5.74, 6) is -0.941. The Morgan fingerprint density at radius 2 is 1.67 bits per heavy atom. The summed E-state index contributed by atoms with van der Waals surface area (Å²) in [6.45, 7) is 0. The molecule has 2 amide bonds. The van der Waals surface area contributed by atoms with E-state index in [1.165, 1.54) is 12.1 Å². The van der Waals surface area contributed by atoms with Gasteiger partial charge in [-0.3, -0.25) is 14.8 Å². The highest BCUT2D eigenvalue weighted by Gasteiger charge is 2.59. The molecule has 1 N–H and O–H groups in total. The van der Waals surface area contributed by atoms with Crippen molar-refractivity contribution in [3.8, 4) is 0 Å². The van der Waals surface area contributed by atoms with E-state index >= 15 is 0 Å². The fourth-order valence-electron chi connectivity index (χ4n) is 3.95. The molecule has 0 aromatic heterocycles. The molecule has 2 fully saturated rings. The molecule has 4 rings (SSSR count). The lowest BCUT2D eigenvalue weighted by atomic mass is 9.85. The van der Waals surface area contributed by atoms with Crippen LogP contribution in [-0.4, -0.2) is 17.0 Å². The van der Waals surface area contributed by atoms with Gasteiger partial charge in [0.15, 0.2) is 0 Å². The number of imide groups is 1. The zero-order chi connectivity index (χ0) is 14.7. The van der Waals surface area contributed by atoms with E-state index in [-0.39, 0.29) is 52.1 Å². The van der Waals surface area contributed by atoms with Crippen LogP contribution in [0.15, 0.2) is 36.4 Å². The minimum Gasteiger partial charge on any atom is -0.733 e. The molecule has 4 atom stereocenters. The Balaban J connectivity index is 1.78. The van der Waals surface area contributed by atoms with E-state index in [9.17, 15) is 20.0 Å². The van der Waals surface area contributed by atoms with Crippen LogP contribution < -0.4 is 10.1 Å².